The zero-order valence-electron chi connectivity index (χ0n) is 14.5. The van der Waals surface area contributed by atoms with E-state index in [1.807, 2.05) is 26.8 Å². The topological polar surface area (TPSA) is 50.8 Å². The molecule has 0 aliphatic carbocycles. The third-order valence-electron chi connectivity index (χ3n) is 3.82. The highest BCUT2D eigenvalue weighted by molar-refractivity contribution is 5.72. The second-order valence-corrected chi connectivity index (χ2v) is 7.03. The standard InChI is InChI=1S/C18H28N2O3/c1-18(2,3)23-17(21)10-19-15-12-20(13-16(15)22-4)11-14-8-6-5-7-9-14/h5-9,15-16,19H,10-13H2,1-4H3. The molecule has 1 N–H and O–H groups in total. The van der Waals surface area contributed by atoms with Crippen LogP contribution in [0.2, 0.25) is 0 Å². The van der Waals surface area contributed by atoms with Gasteiger partial charge >= 0.3 is 5.97 Å². The summed E-state index contributed by atoms with van der Waals surface area (Å²) in [6, 6.07) is 10.5. The van der Waals surface area contributed by atoms with Crippen LogP contribution in [0.15, 0.2) is 30.3 Å². The second-order valence-electron chi connectivity index (χ2n) is 7.03. The molecule has 0 bridgehead atoms. The molecule has 0 aromatic heterocycles. The van der Waals surface area contributed by atoms with Crippen molar-refractivity contribution in [3.8, 4) is 0 Å². The summed E-state index contributed by atoms with van der Waals surface area (Å²) < 4.78 is 10.9. The first-order valence-electron chi connectivity index (χ1n) is 8.11. The van der Waals surface area contributed by atoms with Crippen molar-refractivity contribution < 1.29 is 14.3 Å². The minimum atomic E-state index is -0.450. The van der Waals surface area contributed by atoms with Crippen LogP contribution >= 0.6 is 0 Å². The highest BCUT2D eigenvalue weighted by Gasteiger charge is 2.33. The van der Waals surface area contributed by atoms with Crippen molar-refractivity contribution in [2.24, 2.45) is 0 Å². The third-order valence-corrected chi connectivity index (χ3v) is 3.82. The SMILES string of the molecule is COC1CN(Cc2ccccc2)CC1NCC(=O)OC(C)(C)C. The van der Waals surface area contributed by atoms with Gasteiger partial charge in [0.25, 0.3) is 0 Å². The van der Waals surface area contributed by atoms with E-state index in [0.717, 1.165) is 19.6 Å². The zero-order valence-corrected chi connectivity index (χ0v) is 14.5. The molecule has 2 unspecified atom stereocenters. The molecule has 0 saturated carbocycles. The van der Waals surface area contributed by atoms with Crippen molar-refractivity contribution in [1.82, 2.24) is 10.2 Å². The van der Waals surface area contributed by atoms with Gasteiger partial charge in [-0.15, -0.1) is 0 Å². The summed E-state index contributed by atoms with van der Waals surface area (Å²) in [5.74, 6) is -0.228. The predicted molar refractivity (Wildman–Crippen MR) is 90.2 cm³/mol. The lowest BCUT2D eigenvalue weighted by Gasteiger charge is -2.22. The van der Waals surface area contributed by atoms with E-state index in [1.54, 1.807) is 7.11 Å². The van der Waals surface area contributed by atoms with Crippen LogP contribution in [0.4, 0.5) is 0 Å². The molecular formula is C18H28N2O3. The monoisotopic (exact) mass is 320 g/mol. The maximum absolute atomic E-state index is 11.8. The summed E-state index contributed by atoms with van der Waals surface area (Å²) in [7, 11) is 1.72. The number of benzene rings is 1. The Bertz CT molecular complexity index is 499. The molecule has 1 aromatic rings. The Hall–Kier alpha value is -1.43. The molecule has 1 aliphatic heterocycles. The number of methoxy groups -OCH3 is 1. The summed E-state index contributed by atoms with van der Waals surface area (Å²) >= 11 is 0. The van der Waals surface area contributed by atoms with E-state index in [-0.39, 0.29) is 24.7 Å². The molecular weight excluding hydrogens is 292 g/mol. The van der Waals surface area contributed by atoms with Gasteiger partial charge < -0.3 is 14.8 Å². The summed E-state index contributed by atoms with van der Waals surface area (Å²) in [5.41, 5.74) is 0.837. The van der Waals surface area contributed by atoms with Gasteiger partial charge in [-0.1, -0.05) is 30.3 Å². The van der Waals surface area contributed by atoms with Crippen LogP contribution in [-0.2, 0) is 20.8 Å². The maximum Gasteiger partial charge on any atom is 0.320 e. The summed E-state index contributed by atoms with van der Waals surface area (Å²) in [6.45, 7) is 8.44. The van der Waals surface area contributed by atoms with E-state index in [1.165, 1.54) is 5.56 Å². The fraction of sp³-hybridized carbons (Fsp3) is 0.611. The number of carbonyl (C=O) groups excluding carboxylic acids is 1. The van der Waals surface area contributed by atoms with Crippen molar-refractivity contribution in [2.75, 3.05) is 26.7 Å². The summed E-state index contributed by atoms with van der Waals surface area (Å²) in [4.78, 5) is 14.2. The number of likely N-dealkylation sites (tertiary alicyclic amines) is 1. The highest BCUT2D eigenvalue weighted by Crippen LogP contribution is 2.16. The highest BCUT2D eigenvalue weighted by atomic mass is 16.6. The molecule has 1 aromatic carbocycles. The van der Waals surface area contributed by atoms with Crippen LogP contribution in [0.3, 0.4) is 0 Å². The Morgan fingerprint density at radius 1 is 1.26 bits per heavy atom. The first-order valence-corrected chi connectivity index (χ1v) is 8.11. The number of ether oxygens (including phenoxy) is 2. The number of rotatable bonds is 6. The van der Waals surface area contributed by atoms with Gasteiger partial charge in [0.1, 0.15) is 5.60 Å². The molecule has 1 heterocycles. The third kappa shape index (κ3) is 5.94. The van der Waals surface area contributed by atoms with Crippen molar-refractivity contribution in [2.45, 2.75) is 45.1 Å². The van der Waals surface area contributed by atoms with E-state index < -0.39 is 5.60 Å². The normalized spacial score (nSPS) is 22.3. The Labute approximate surface area is 139 Å². The largest absolute Gasteiger partial charge is 0.459 e. The van der Waals surface area contributed by atoms with Gasteiger partial charge in [-0.3, -0.25) is 9.69 Å². The lowest BCUT2D eigenvalue weighted by atomic mass is 10.2. The molecule has 2 rings (SSSR count). The van der Waals surface area contributed by atoms with Crippen molar-refractivity contribution >= 4 is 5.97 Å². The predicted octanol–water partition coefficient (Wildman–Crippen LogP) is 1.82. The van der Waals surface area contributed by atoms with Crippen molar-refractivity contribution in [3.05, 3.63) is 35.9 Å². The molecule has 2 atom stereocenters. The molecule has 128 valence electrons. The Morgan fingerprint density at radius 2 is 1.96 bits per heavy atom. The first kappa shape index (κ1) is 17.9. The van der Waals surface area contributed by atoms with Gasteiger partial charge in [0.2, 0.25) is 0 Å². The fourth-order valence-electron chi connectivity index (χ4n) is 2.85. The molecule has 1 saturated heterocycles. The molecule has 0 radical (unpaired) electrons. The van der Waals surface area contributed by atoms with Gasteiger partial charge in [0.05, 0.1) is 12.6 Å². The number of hydrogen-bond donors (Lipinski definition) is 1. The van der Waals surface area contributed by atoms with Crippen molar-refractivity contribution in [1.29, 1.82) is 0 Å². The average molecular weight is 320 g/mol. The molecule has 1 fully saturated rings. The van der Waals surface area contributed by atoms with E-state index in [4.69, 9.17) is 9.47 Å². The lowest BCUT2D eigenvalue weighted by molar-refractivity contribution is -0.153. The maximum atomic E-state index is 11.8. The van der Waals surface area contributed by atoms with E-state index >= 15 is 0 Å². The summed E-state index contributed by atoms with van der Waals surface area (Å²) in [6.07, 6.45) is 0.0844. The average Bonchev–Trinajstić information content (AvgIpc) is 2.86. The number of carbonyl (C=O) groups is 1. The minimum Gasteiger partial charge on any atom is -0.459 e. The van der Waals surface area contributed by atoms with Crippen LogP contribution in [0.5, 0.6) is 0 Å². The van der Waals surface area contributed by atoms with E-state index in [9.17, 15) is 4.79 Å². The Morgan fingerprint density at radius 3 is 2.57 bits per heavy atom. The second kappa shape index (κ2) is 7.90. The fourth-order valence-corrected chi connectivity index (χ4v) is 2.85. The molecule has 0 spiro atoms. The van der Waals surface area contributed by atoms with Crippen molar-refractivity contribution in [3.63, 3.8) is 0 Å². The minimum absolute atomic E-state index is 0.0844. The molecule has 0 amide bonds. The number of hydrogen-bond acceptors (Lipinski definition) is 5. The lowest BCUT2D eigenvalue weighted by Crippen LogP contribution is -2.44. The van der Waals surface area contributed by atoms with E-state index in [2.05, 4.69) is 34.5 Å². The Balaban J connectivity index is 1.83. The molecule has 5 nitrogen and oxygen atoms in total. The molecule has 1 aliphatic rings. The van der Waals surface area contributed by atoms with E-state index in [0.29, 0.717) is 0 Å². The number of esters is 1. The Kier molecular flexibility index (Phi) is 6.16. The molecule has 23 heavy (non-hydrogen) atoms. The van der Waals surface area contributed by atoms with Crippen LogP contribution in [-0.4, -0.2) is 55.4 Å². The van der Waals surface area contributed by atoms with Crippen LogP contribution in [0.1, 0.15) is 26.3 Å². The number of nitrogens with one attached hydrogen (secondary N) is 1. The van der Waals surface area contributed by atoms with Crippen LogP contribution in [0.25, 0.3) is 0 Å². The van der Waals surface area contributed by atoms with Gasteiger partial charge in [-0.2, -0.15) is 0 Å². The van der Waals surface area contributed by atoms with Crippen LogP contribution < -0.4 is 5.32 Å². The van der Waals surface area contributed by atoms with Gasteiger partial charge in [-0.25, -0.2) is 0 Å². The summed E-state index contributed by atoms with van der Waals surface area (Å²) in [5, 5.41) is 3.28. The first-order chi connectivity index (χ1) is 10.9. The van der Waals surface area contributed by atoms with Gasteiger partial charge in [0.15, 0.2) is 0 Å². The molecule has 5 heteroatoms. The smallest absolute Gasteiger partial charge is 0.320 e. The van der Waals surface area contributed by atoms with Crippen LogP contribution in [0, 0.1) is 0 Å². The van der Waals surface area contributed by atoms with Gasteiger partial charge in [-0.05, 0) is 26.3 Å². The number of nitrogens with zero attached hydrogens (tertiary/aromatic N) is 1. The van der Waals surface area contributed by atoms with Gasteiger partial charge in [0, 0.05) is 32.8 Å². The zero-order chi connectivity index (χ0) is 16.9. The quantitative estimate of drug-likeness (QED) is 0.810.